The van der Waals surface area contributed by atoms with E-state index in [2.05, 4.69) is 189 Å². The Kier molecular flexibility index (Phi) is 7.10. The fourth-order valence-corrected chi connectivity index (χ4v) is 9.95. The fraction of sp³-hybridized carbons (Fsp3) is 0.115. The minimum atomic E-state index is -0.422. The van der Waals surface area contributed by atoms with Gasteiger partial charge in [0.15, 0.2) is 0 Å². The lowest BCUT2D eigenvalue weighted by Crippen LogP contribution is -2.26. The minimum absolute atomic E-state index is 0.0125. The summed E-state index contributed by atoms with van der Waals surface area (Å²) >= 11 is 0. The summed E-state index contributed by atoms with van der Waals surface area (Å²) in [6, 6.07) is 52.3. The molecule has 0 saturated heterocycles. The first-order chi connectivity index (χ1) is 26.0. The Morgan fingerprint density at radius 3 is 1.83 bits per heavy atom. The second-order valence-corrected chi connectivity index (χ2v) is 15.2. The lowest BCUT2D eigenvalue weighted by Gasteiger charge is -2.33. The van der Waals surface area contributed by atoms with E-state index in [-0.39, 0.29) is 5.41 Å². The molecule has 0 N–H and O–H groups in total. The van der Waals surface area contributed by atoms with E-state index in [1.54, 1.807) is 5.57 Å². The van der Waals surface area contributed by atoms with E-state index in [9.17, 15) is 0 Å². The van der Waals surface area contributed by atoms with Crippen molar-refractivity contribution in [3.8, 4) is 22.3 Å². The molecule has 1 nitrogen and oxygen atoms in total. The van der Waals surface area contributed by atoms with Crippen molar-refractivity contribution in [2.75, 3.05) is 4.90 Å². The highest BCUT2D eigenvalue weighted by Gasteiger charge is 2.51. The van der Waals surface area contributed by atoms with E-state index in [1.165, 1.54) is 61.2 Å². The molecule has 4 aliphatic carbocycles. The molecule has 0 aliphatic heterocycles. The third-order valence-electron chi connectivity index (χ3n) is 12.2. The molecule has 4 aliphatic rings. The molecule has 1 spiro atoms. The maximum absolute atomic E-state index is 3.98. The van der Waals surface area contributed by atoms with Crippen molar-refractivity contribution in [2.45, 2.75) is 37.5 Å². The molecule has 1 heteroatoms. The zero-order valence-corrected chi connectivity index (χ0v) is 30.3. The van der Waals surface area contributed by atoms with Crippen molar-refractivity contribution in [3.63, 3.8) is 0 Å². The molecule has 6 aromatic carbocycles. The van der Waals surface area contributed by atoms with E-state index in [4.69, 9.17) is 0 Å². The van der Waals surface area contributed by atoms with Gasteiger partial charge in [0.25, 0.3) is 0 Å². The molecule has 0 unspecified atom stereocenters. The van der Waals surface area contributed by atoms with E-state index >= 15 is 0 Å². The first kappa shape index (κ1) is 31.5. The normalized spacial score (nSPS) is 16.6. The molecule has 53 heavy (non-hydrogen) atoms. The van der Waals surface area contributed by atoms with E-state index in [0.29, 0.717) is 0 Å². The summed E-state index contributed by atoms with van der Waals surface area (Å²) in [4.78, 5) is 2.48. The lowest BCUT2D eigenvalue weighted by molar-refractivity contribution is 0.607. The molecule has 0 atom stereocenters. The average molecular weight is 680 g/mol. The molecule has 0 aromatic heterocycles. The van der Waals surface area contributed by atoms with Crippen molar-refractivity contribution >= 4 is 22.6 Å². The highest BCUT2D eigenvalue weighted by atomic mass is 15.1. The lowest BCUT2D eigenvalue weighted by atomic mass is 9.70. The molecule has 0 radical (unpaired) electrons. The quantitative estimate of drug-likeness (QED) is 0.158. The number of nitrogens with zero attached hydrogens (tertiary/aromatic N) is 1. The summed E-state index contributed by atoms with van der Waals surface area (Å²) in [5.74, 6) is 0. The highest BCUT2D eigenvalue weighted by Crippen LogP contribution is 2.63. The number of benzene rings is 6. The molecule has 0 amide bonds. The third kappa shape index (κ3) is 4.44. The van der Waals surface area contributed by atoms with Crippen LogP contribution in [0.25, 0.3) is 33.5 Å². The zero-order chi connectivity index (χ0) is 35.7. The SMILES string of the molecule is C=C/C=C\C=C(/c1ccccc1)N(c1ccc2c(c1)C1=C(CCC=C1)C2(C)C)c1ccc2c(c1)C1(c3ccccc3-c3ccccc31)c1ccccc1-2. The number of fused-ring (bicyclic) bond motifs is 12. The number of hydrogen-bond donors (Lipinski definition) is 0. The summed E-state index contributed by atoms with van der Waals surface area (Å²) in [5.41, 5.74) is 20.5. The Morgan fingerprint density at radius 2 is 1.17 bits per heavy atom. The van der Waals surface area contributed by atoms with Gasteiger partial charge < -0.3 is 4.90 Å². The minimum Gasteiger partial charge on any atom is -0.310 e. The predicted octanol–water partition coefficient (Wildman–Crippen LogP) is 13.3. The second-order valence-electron chi connectivity index (χ2n) is 15.2. The predicted molar refractivity (Wildman–Crippen MR) is 223 cm³/mol. The van der Waals surface area contributed by atoms with E-state index in [1.807, 2.05) is 12.2 Å². The Balaban J connectivity index is 1.26. The second kappa shape index (κ2) is 11.9. The van der Waals surface area contributed by atoms with Crippen molar-refractivity contribution in [3.05, 3.63) is 227 Å². The number of allylic oxidation sites excluding steroid dienone is 8. The van der Waals surface area contributed by atoms with Crippen LogP contribution in [0, 0.1) is 0 Å². The fourth-order valence-electron chi connectivity index (χ4n) is 9.95. The van der Waals surface area contributed by atoms with Gasteiger partial charge in [0, 0.05) is 16.8 Å². The summed E-state index contributed by atoms with van der Waals surface area (Å²) in [5, 5.41) is 0. The first-order valence-corrected chi connectivity index (χ1v) is 18.9. The molecule has 0 heterocycles. The summed E-state index contributed by atoms with van der Waals surface area (Å²) in [6.45, 7) is 8.77. The average Bonchev–Trinajstić information content (AvgIpc) is 3.76. The molecule has 10 rings (SSSR count). The van der Waals surface area contributed by atoms with Gasteiger partial charge in [-0.15, -0.1) is 0 Å². The van der Waals surface area contributed by atoms with Crippen LogP contribution >= 0.6 is 0 Å². The van der Waals surface area contributed by atoms with Crippen LogP contribution in [0.5, 0.6) is 0 Å². The third-order valence-corrected chi connectivity index (χ3v) is 12.2. The van der Waals surface area contributed by atoms with Gasteiger partial charge in [0.05, 0.1) is 11.1 Å². The standard InChI is InChI=1S/C52H41N/c1-4-5-7-28-50(35-18-8-6-9-19-35)53(36-30-32-45-43(33-36)41-23-10-14-24-44(41)51(45,2)3)37-29-31-42-40-22-13-17-27-48(40)52(49(42)34-37)46-25-15-11-20-38(46)39-21-12-16-26-47(39)52/h4-13,15-23,25-34H,1,14,24H2,2-3H3/b7-5-,50-28+. The maximum Gasteiger partial charge on any atom is 0.0726 e. The zero-order valence-electron chi connectivity index (χ0n) is 30.3. The van der Waals surface area contributed by atoms with E-state index < -0.39 is 5.41 Å². The van der Waals surface area contributed by atoms with Gasteiger partial charge in [-0.2, -0.15) is 0 Å². The monoisotopic (exact) mass is 679 g/mol. The molecular weight excluding hydrogens is 639 g/mol. The number of anilines is 2. The Labute approximate surface area is 313 Å². The van der Waals surface area contributed by atoms with Crippen molar-refractivity contribution in [1.29, 1.82) is 0 Å². The van der Waals surface area contributed by atoms with Crippen LogP contribution in [0.1, 0.15) is 65.6 Å². The van der Waals surface area contributed by atoms with Crippen LogP contribution in [-0.4, -0.2) is 0 Å². The Hall–Kier alpha value is -6.18. The van der Waals surface area contributed by atoms with Crippen LogP contribution in [0.3, 0.4) is 0 Å². The van der Waals surface area contributed by atoms with Crippen LogP contribution in [-0.2, 0) is 10.8 Å². The van der Waals surface area contributed by atoms with Gasteiger partial charge in [-0.1, -0.05) is 172 Å². The summed E-state index contributed by atoms with van der Waals surface area (Å²) in [7, 11) is 0. The van der Waals surface area contributed by atoms with Gasteiger partial charge >= 0.3 is 0 Å². The van der Waals surface area contributed by atoms with Crippen LogP contribution in [0.4, 0.5) is 11.4 Å². The first-order valence-electron chi connectivity index (χ1n) is 18.9. The topological polar surface area (TPSA) is 3.24 Å². The van der Waals surface area contributed by atoms with Crippen LogP contribution in [0.2, 0.25) is 0 Å². The van der Waals surface area contributed by atoms with Gasteiger partial charge in [-0.05, 0) is 110 Å². The molecule has 254 valence electrons. The van der Waals surface area contributed by atoms with Crippen LogP contribution in [0.15, 0.2) is 188 Å². The van der Waals surface area contributed by atoms with E-state index in [0.717, 1.165) is 35.5 Å². The Morgan fingerprint density at radius 1 is 0.585 bits per heavy atom. The van der Waals surface area contributed by atoms with Crippen molar-refractivity contribution in [2.24, 2.45) is 0 Å². The Bertz CT molecular complexity index is 2540. The largest absolute Gasteiger partial charge is 0.310 e. The molecule has 0 bridgehead atoms. The highest BCUT2D eigenvalue weighted by molar-refractivity contribution is 5.98. The van der Waals surface area contributed by atoms with Gasteiger partial charge in [-0.3, -0.25) is 0 Å². The van der Waals surface area contributed by atoms with Gasteiger partial charge in [-0.25, -0.2) is 0 Å². The van der Waals surface area contributed by atoms with Gasteiger partial charge in [0.1, 0.15) is 0 Å². The van der Waals surface area contributed by atoms with Crippen LogP contribution < -0.4 is 4.90 Å². The van der Waals surface area contributed by atoms with Gasteiger partial charge in [0.2, 0.25) is 0 Å². The van der Waals surface area contributed by atoms with Crippen molar-refractivity contribution < 1.29 is 0 Å². The molecule has 0 fully saturated rings. The van der Waals surface area contributed by atoms with Crippen molar-refractivity contribution in [1.82, 2.24) is 0 Å². The summed E-state index contributed by atoms with van der Waals surface area (Å²) in [6.07, 6.45) is 15.1. The molecule has 0 saturated carbocycles. The maximum atomic E-state index is 3.98. The molecule has 6 aromatic rings. The summed E-state index contributed by atoms with van der Waals surface area (Å²) < 4.78 is 0. The number of hydrogen-bond acceptors (Lipinski definition) is 1. The number of rotatable bonds is 6. The molecular formula is C52H41N. The smallest absolute Gasteiger partial charge is 0.0726 e.